The van der Waals surface area contributed by atoms with E-state index in [0.717, 1.165) is 24.8 Å². The Hall–Kier alpha value is -2.50. The molecule has 2 N–H and O–H groups in total. The summed E-state index contributed by atoms with van der Waals surface area (Å²) in [5.74, 6) is -0.811. The quantitative estimate of drug-likeness (QED) is 0.478. The molecule has 1 saturated heterocycles. The Morgan fingerprint density at radius 3 is 2.59 bits per heavy atom. The minimum absolute atomic E-state index is 0.00131. The minimum Gasteiger partial charge on any atom is -0.368 e. The number of para-hydroxylation sites is 1. The van der Waals surface area contributed by atoms with Crippen LogP contribution in [0.4, 0.5) is 8.78 Å². The number of fused-ring (bicyclic) bond motifs is 3. The number of ether oxygens (including phenoxy) is 1. The zero-order chi connectivity index (χ0) is 22.5. The van der Waals surface area contributed by atoms with Crippen LogP contribution in [-0.4, -0.2) is 22.2 Å². The van der Waals surface area contributed by atoms with Crippen molar-refractivity contribution in [1.29, 1.82) is 0 Å². The number of H-pyrrole nitrogens is 1. The van der Waals surface area contributed by atoms with Crippen LogP contribution >= 0.6 is 0 Å². The van der Waals surface area contributed by atoms with E-state index in [9.17, 15) is 8.78 Å². The first-order valence-electron chi connectivity index (χ1n) is 11.4. The normalized spacial score (nSPS) is 26.8. The first kappa shape index (κ1) is 21.4. The van der Waals surface area contributed by atoms with Crippen molar-refractivity contribution in [3.63, 3.8) is 0 Å². The van der Waals surface area contributed by atoms with E-state index >= 15 is 0 Å². The third kappa shape index (κ3) is 3.48. The zero-order valence-electron chi connectivity index (χ0n) is 18.8. The fraction of sp³-hybridized carbons (Fsp3) is 0.407. The van der Waals surface area contributed by atoms with Gasteiger partial charge in [-0.15, -0.1) is 0 Å². The fourth-order valence-corrected chi connectivity index (χ4v) is 5.65. The average molecular weight is 437 g/mol. The summed E-state index contributed by atoms with van der Waals surface area (Å²) >= 11 is 0. The molecule has 2 aromatic carbocycles. The van der Waals surface area contributed by atoms with Crippen molar-refractivity contribution in [2.75, 3.05) is 0 Å². The number of piperidine rings is 1. The average Bonchev–Trinajstić information content (AvgIpc) is 3.16. The molecule has 3 aromatic rings. The van der Waals surface area contributed by atoms with E-state index in [-0.39, 0.29) is 23.8 Å². The van der Waals surface area contributed by atoms with Crippen LogP contribution in [0, 0.1) is 17.6 Å². The summed E-state index contributed by atoms with van der Waals surface area (Å²) < 4.78 is 34.9. The molecule has 168 valence electrons. The van der Waals surface area contributed by atoms with Crippen LogP contribution in [0.25, 0.3) is 10.9 Å². The van der Waals surface area contributed by atoms with Crippen LogP contribution in [0.1, 0.15) is 44.7 Å². The largest absolute Gasteiger partial charge is 0.368 e. The van der Waals surface area contributed by atoms with Gasteiger partial charge in [0.2, 0.25) is 0 Å². The molecule has 2 aliphatic rings. The molecule has 3 atom stereocenters. The highest BCUT2D eigenvalue weighted by atomic mass is 19.1. The Morgan fingerprint density at radius 1 is 1.06 bits per heavy atom. The molecule has 3 nitrogen and oxygen atoms in total. The number of aromatic nitrogens is 1. The predicted molar refractivity (Wildman–Crippen MR) is 123 cm³/mol. The van der Waals surface area contributed by atoms with Gasteiger partial charge >= 0.3 is 0 Å². The summed E-state index contributed by atoms with van der Waals surface area (Å²) in [7, 11) is 0. The lowest BCUT2D eigenvalue weighted by Gasteiger charge is -2.58. The Kier molecular flexibility index (Phi) is 5.22. The number of halogens is 2. The van der Waals surface area contributed by atoms with Crippen LogP contribution in [0.2, 0.25) is 0 Å². The van der Waals surface area contributed by atoms with Crippen molar-refractivity contribution in [3.05, 3.63) is 83.1 Å². The highest BCUT2D eigenvalue weighted by Crippen LogP contribution is 2.48. The molecule has 5 heteroatoms. The molecule has 0 spiro atoms. The van der Waals surface area contributed by atoms with Crippen LogP contribution in [-0.2, 0) is 17.8 Å². The lowest BCUT2D eigenvalue weighted by molar-refractivity contribution is -0.148. The monoisotopic (exact) mass is 436 g/mol. The van der Waals surface area contributed by atoms with Crippen LogP contribution in [0.5, 0.6) is 0 Å². The van der Waals surface area contributed by atoms with Crippen LogP contribution < -0.4 is 5.32 Å². The second kappa shape index (κ2) is 7.82. The van der Waals surface area contributed by atoms with Crippen LogP contribution in [0.15, 0.2) is 60.3 Å². The molecular formula is C27H30F2N2O. The maximum absolute atomic E-state index is 14.2. The molecule has 2 bridgehead atoms. The van der Waals surface area contributed by atoms with Crippen molar-refractivity contribution in [3.8, 4) is 0 Å². The number of hydrogen-bond acceptors (Lipinski definition) is 2. The maximum atomic E-state index is 14.2. The van der Waals surface area contributed by atoms with Gasteiger partial charge in [0.25, 0.3) is 0 Å². The van der Waals surface area contributed by atoms with E-state index in [2.05, 4.69) is 61.5 Å². The number of rotatable bonds is 5. The standard InChI is InChI=1S/C27H30F2N2O/c1-17-11-12-27(32-16-21-22(28)8-6-9-23(21)29)14-20(17)25(31-26(27,2)3)13-18-15-30-24-10-5-4-7-19(18)24/h4-11,15,20,25,30-31H,12-14,16H2,1-3H3. The number of hydrogen-bond donors (Lipinski definition) is 2. The summed E-state index contributed by atoms with van der Waals surface area (Å²) in [6.07, 6.45) is 6.84. The van der Waals surface area contributed by atoms with Crippen molar-refractivity contribution in [2.45, 2.75) is 63.8 Å². The van der Waals surface area contributed by atoms with Crippen molar-refractivity contribution in [2.24, 2.45) is 5.92 Å². The molecule has 0 amide bonds. The molecule has 2 heterocycles. The molecule has 5 rings (SSSR count). The smallest absolute Gasteiger partial charge is 0.131 e. The Labute approximate surface area is 187 Å². The van der Waals surface area contributed by atoms with Crippen LogP contribution in [0.3, 0.4) is 0 Å². The van der Waals surface area contributed by atoms with E-state index in [0.29, 0.717) is 5.92 Å². The van der Waals surface area contributed by atoms with E-state index in [1.54, 1.807) is 0 Å². The summed E-state index contributed by atoms with van der Waals surface area (Å²) in [6, 6.07) is 12.6. The van der Waals surface area contributed by atoms with Gasteiger partial charge in [0.15, 0.2) is 0 Å². The lowest BCUT2D eigenvalue weighted by atomic mass is 9.62. The lowest BCUT2D eigenvalue weighted by Crippen LogP contribution is -2.70. The first-order valence-corrected chi connectivity index (χ1v) is 11.4. The van der Waals surface area contributed by atoms with E-state index < -0.39 is 17.2 Å². The van der Waals surface area contributed by atoms with E-state index in [4.69, 9.17) is 4.74 Å². The van der Waals surface area contributed by atoms with E-state index in [1.165, 1.54) is 34.7 Å². The Bertz CT molecular complexity index is 1160. The number of aromatic amines is 1. The summed E-state index contributed by atoms with van der Waals surface area (Å²) in [6.45, 7) is 6.42. The molecule has 32 heavy (non-hydrogen) atoms. The molecule has 0 radical (unpaired) electrons. The molecule has 1 fully saturated rings. The van der Waals surface area contributed by atoms with E-state index in [1.807, 2.05) is 6.07 Å². The predicted octanol–water partition coefficient (Wildman–Crippen LogP) is 6.05. The van der Waals surface area contributed by atoms with Gasteiger partial charge in [-0.25, -0.2) is 8.78 Å². The van der Waals surface area contributed by atoms with Gasteiger partial charge in [0.1, 0.15) is 11.6 Å². The third-order valence-electron chi connectivity index (χ3n) is 7.73. The summed E-state index contributed by atoms with van der Waals surface area (Å²) in [4.78, 5) is 3.38. The molecule has 0 saturated carbocycles. The SMILES string of the molecule is CC1=CCC2(OCc3c(F)cccc3F)CC1C(Cc1c[nH]c3ccccc13)NC2(C)C. The van der Waals surface area contributed by atoms with Crippen molar-refractivity contribution < 1.29 is 13.5 Å². The number of nitrogens with one attached hydrogen (secondary N) is 2. The van der Waals surface area contributed by atoms with Crippen molar-refractivity contribution >= 4 is 10.9 Å². The zero-order valence-corrected chi connectivity index (χ0v) is 18.8. The summed E-state index contributed by atoms with van der Waals surface area (Å²) in [5, 5.41) is 5.12. The Balaban J connectivity index is 1.42. The molecule has 1 aromatic heterocycles. The molecule has 3 unspecified atom stereocenters. The van der Waals surface area contributed by atoms with Gasteiger partial charge in [0, 0.05) is 34.2 Å². The molecule has 1 aliphatic heterocycles. The highest BCUT2D eigenvalue weighted by molar-refractivity contribution is 5.83. The second-order valence-corrected chi connectivity index (χ2v) is 9.89. The highest BCUT2D eigenvalue weighted by Gasteiger charge is 2.55. The second-order valence-electron chi connectivity index (χ2n) is 9.89. The van der Waals surface area contributed by atoms with Gasteiger partial charge in [-0.3, -0.25) is 0 Å². The first-order chi connectivity index (χ1) is 15.3. The summed E-state index contributed by atoms with van der Waals surface area (Å²) in [5.41, 5.74) is 2.92. The third-order valence-corrected chi connectivity index (χ3v) is 7.73. The van der Waals surface area contributed by atoms with Gasteiger partial charge in [-0.05, 0) is 69.7 Å². The van der Waals surface area contributed by atoms with Crippen molar-refractivity contribution in [1.82, 2.24) is 10.3 Å². The minimum atomic E-state index is -0.556. The fourth-order valence-electron chi connectivity index (χ4n) is 5.65. The Morgan fingerprint density at radius 2 is 1.81 bits per heavy atom. The van der Waals surface area contributed by atoms with Gasteiger partial charge in [0.05, 0.1) is 12.2 Å². The maximum Gasteiger partial charge on any atom is 0.131 e. The number of benzene rings is 2. The molecule has 1 aliphatic carbocycles. The molecular weight excluding hydrogens is 406 g/mol. The van der Waals surface area contributed by atoms with Gasteiger partial charge in [-0.2, -0.15) is 0 Å². The topological polar surface area (TPSA) is 37.0 Å². The van der Waals surface area contributed by atoms with Gasteiger partial charge in [-0.1, -0.05) is 35.9 Å². The van der Waals surface area contributed by atoms with Gasteiger partial charge < -0.3 is 15.0 Å².